The summed E-state index contributed by atoms with van der Waals surface area (Å²) in [5.41, 5.74) is -1.24. The van der Waals surface area contributed by atoms with Gasteiger partial charge in [0.1, 0.15) is 21.2 Å². The number of carbonyl (C=O) groups excluding carboxylic acids is 2. The predicted molar refractivity (Wildman–Crippen MR) is 138 cm³/mol. The van der Waals surface area contributed by atoms with Gasteiger partial charge in [-0.15, -0.1) is 11.3 Å². The number of benzene rings is 1. The maximum Gasteiger partial charge on any atom is 0.417 e. The summed E-state index contributed by atoms with van der Waals surface area (Å²) in [5.74, 6) is -1.19. The summed E-state index contributed by atoms with van der Waals surface area (Å²) in [6, 6.07) is 2.41. The average molecular weight is 591 g/mol. The van der Waals surface area contributed by atoms with Crippen LogP contribution in [-0.2, 0) is 6.18 Å². The van der Waals surface area contributed by atoms with E-state index in [2.05, 4.69) is 25.6 Å². The first kappa shape index (κ1) is 29.6. The van der Waals surface area contributed by atoms with Crippen LogP contribution in [-0.4, -0.2) is 58.9 Å². The lowest BCUT2D eigenvalue weighted by Gasteiger charge is -2.13. The third-order valence-corrected chi connectivity index (χ3v) is 6.81. The Morgan fingerprint density at radius 2 is 1.89 bits per heavy atom. The highest BCUT2D eigenvalue weighted by Crippen LogP contribution is 2.36. The molecule has 0 bridgehead atoms. The van der Waals surface area contributed by atoms with E-state index in [0.717, 1.165) is 36.4 Å². The van der Waals surface area contributed by atoms with Gasteiger partial charge < -0.3 is 20.3 Å². The maximum atomic E-state index is 13.1. The Balaban J connectivity index is 1.64. The van der Waals surface area contributed by atoms with Gasteiger partial charge >= 0.3 is 6.18 Å². The number of halogens is 5. The van der Waals surface area contributed by atoms with E-state index in [-0.39, 0.29) is 27.2 Å². The molecule has 0 saturated carbocycles. The number of carbonyl (C=O) groups is 2. The molecule has 38 heavy (non-hydrogen) atoms. The van der Waals surface area contributed by atoms with Crippen LogP contribution in [0.2, 0.25) is 10.0 Å². The highest BCUT2D eigenvalue weighted by molar-refractivity contribution is 7.13. The molecule has 0 saturated heterocycles. The molecule has 1 atom stereocenters. The first-order valence-electron chi connectivity index (χ1n) is 11.1. The smallest absolute Gasteiger partial charge is 0.417 e. The zero-order valence-corrected chi connectivity index (χ0v) is 22.7. The summed E-state index contributed by atoms with van der Waals surface area (Å²) < 4.78 is 44.8. The van der Waals surface area contributed by atoms with E-state index in [1.165, 1.54) is 18.6 Å². The molecular formula is C23H23Cl2F3N6O3S. The Bertz CT molecular complexity index is 1310. The van der Waals surface area contributed by atoms with Crippen molar-refractivity contribution < 1.29 is 27.5 Å². The lowest BCUT2D eigenvalue weighted by molar-refractivity contribution is -0.137. The van der Waals surface area contributed by atoms with E-state index >= 15 is 0 Å². The van der Waals surface area contributed by atoms with Gasteiger partial charge in [-0.3, -0.25) is 9.59 Å². The second kappa shape index (κ2) is 12.7. The molecule has 3 rings (SSSR count). The van der Waals surface area contributed by atoms with Gasteiger partial charge in [-0.05, 0) is 45.6 Å². The van der Waals surface area contributed by atoms with Gasteiger partial charge in [-0.1, -0.05) is 23.2 Å². The van der Waals surface area contributed by atoms with Crippen molar-refractivity contribution in [3.63, 3.8) is 0 Å². The number of hydrogen-bond donors (Lipinski definition) is 2. The number of amides is 2. The Morgan fingerprint density at radius 3 is 2.58 bits per heavy atom. The van der Waals surface area contributed by atoms with Crippen LogP contribution in [0.1, 0.15) is 50.1 Å². The Labute approximate surface area is 230 Å². The second-order valence-corrected chi connectivity index (χ2v) is 10.1. The topological polar surface area (TPSA) is 109 Å². The first-order chi connectivity index (χ1) is 17.9. The van der Waals surface area contributed by atoms with Crippen molar-refractivity contribution in [3.05, 3.63) is 61.9 Å². The van der Waals surface area contributed by atoms with Crippen LogP contribution in [0.4, 0.5) is 18.9 Å². The summed E-state index contributed by atoms with van der Waals surface area (Å²) in [6.45, 7) is 2.79. The van der Waals surface area contributed by atoms with E-state index in [1.54, 1.807) is 6.92 Å². The van der Waals surface area contributed by atoms with Gasteiger partial charge in [0.2, 0.25) is 5.88 Å². The number of alkyl halides is 3. The maximum absolute atomic E-state index is 13.1. The monoisotopic (exact) mass is 590 g/mol. The van der Waals surface area contributed by atoms with Gasteiger partial charge in [0, 0.05) is 12.2 Å². The first-order valence-corrected chi connectivity index (χ1v) is 12.7. The molecule has 2 amide bonds. The van der Waals surface area contributed by atoms with Crippen molar-refractivity contribution in [2.45, 2.75) is 25.6 Å². The number of rotatable bonds is 10. The summed E-state index contributed by atoms with van der Waals surface area (Å²) in [7, 11) is 3.87. The molecule has 0 radical (unpaired) electrons. The fraction of sp³-hybridized carbons (Fsp3) is 0.348. The minimum Gasteiger partial charge on any atom is -0.476 e. The summed E-state index contributed by atoms with van der Waals surface area (Å²) in [4.78, 5) is 39.5. The Hall–Kier alpha value is -3.00. The van der Waals surface area contributed by atoms with Crippen molar-refractivity contribution in [1.29, 1.82) is 0 Å². The number of ether oxygens (including phenoxy) is 1. The Morgan fingerprint density at radius 1 is 1.16 bits per heavy atom. The second-order valence-electron chi connectivity index (χ2n) is 8.25. The standard InChI is InChI=1S/C23H23Cl2F3N6O3S/c1-12(32-20(36)18-17(25)21(31-11-30-18)37-8-4-7-34(2)3)22-29-10-16(38-22)19(35)33-13-5-6-15(24)14(9-13)23(26,27)28/h5-6,9-12H,4,7-8H2,1-3H3,(H,32,36)(H,33,35). The fourth-order valence-electron chi connectivity index (χ4n) is 3.09. The minimum atomic E-state index is -4.67. The number of thiazole rings is 1. The zero-order chi connectivity index (χ0) is 28.0. The van der Waals surface area contributed by atoms with E-state index in [0.29, 0.717) is 11.6 Å². The quantitative estimate of drug-likeness (QED) is 0.307. The number of nitrogens with one attached hydrogen (secondary N) is 2. The molecule has 0 spiro atoms. The van der Waals surface area contributed by atoms with E-state index < -0.39 is 34.6 Å². The molecule has 9 nitrogen and oxygen atoms in total. The third kappa shape index (κ3) is 7.76. The summed E-state index contributed by atoms with van der Waals surface area (Å²) >= 11 is 12.9. The molecule has 1 unspecified atom stereocenters. The zero-order valence-electron chi connectivity index (χ0n) is 20.4. The van der Waals surface area contributed by atoms with Crippen molar-refractivity contribution in [1.82, 2.24) is 25.2 Å². The van der Waals surface area contributed by atoms with Gasteiger partial charge in [-0.25, -0.2) is 15.0 Å². The lowest BCUT2D eigenvalue weighted by atomic mass is 10.2. The SMILES string of the molecule is CC(NC(=O)c1ncnc(OCCCN(C)C)c1Cl)c1ncc(C(=O)Nc2ccc(Cl)c(C(F)(F)F)c2)s1. The van der Waals surface area contributed by atoms with Gasteiger partial charge in [0.15, 0.2) is 5.69 Å². The third-order valence-electron chi connectivity index (χ3n) is 4.96. The fourth-order valence-corrected chi connectivity index (χ4v) is 4.37. The molecule has 3 aromatic rings. The van der Waals surface area contributed by atoms with Gasteiger partial charge in [0.25, 0.3) is 11.8 Å². The number of nitrogens with zero attached hydrogens (tertiary/aromatic N) is 4. The normalized spacial score (nSPS) is 12.3. The van der Waals surface area contributed by atoms with Gasteiger partial charge in [0.05, 0.1) is 29.4 Å². The average Bonchev–Trinajstić information content (AvgIpc) is 3.34. The number of anilines is 1. The highest BCUT2D eigenvalue weighted by Gasteiger charge is 2.33. The van der Waals surface area contributed by atoms with E-state index in [4.69, 9.17) is 27.9 Å². The molecule has 0 aliphatic carbocycles. The van der Waals surface area contributed by atoms with Crippen LogP contribution >= 0.6 is 34.5 Å². The molecule has 15 heteroatoms. The van der Waals surface area contributed by atoms with Crippen LogP contribution in [0, 0.1) is 0 Å². The molecule has 0 fully saturated rings. The van der Waals surface area contributed by atoms with Crippen LogP contribution in [0.15, 0.2) is 30.7 Å². The molecule has 204 valence electrons. The van der Waals surface area contributed by atoms with Crippen molar-refractivity contribution >= 4 is 52.0 Å². The summed E-state index contributed by atoms with van der Waals surface area (Å²) in [6.07, 6.45) is -1.52. The molecular weight excluding hydrogens is 568 g/mol. The van der Waals surface area contributed by atoms with Crippen LogP contribution in [0.3, 0.4) is 0 Å². The van der Waals surface area contributed by atoms with Crippen LogP contribution in [0.5, 0.6) is 5.88 Å². The highest BCUT2D eigenvalue weighted by atomic mass is 35.5. The minimum absolute atomic E-state index is 0.0394. The van der Waals surface area contributed by atoms with E-state index in [1.807, 2.05) is 19.0 Å². The molecule has 2 heterocycles. The number of hydrogen-bond acceptors (Lipinski definition) is 8. The van der Waals surface area contributed by atoms with Crippen LogP contribution in [0.25, 0.3) is 0 Å². The van der Waals surface area contributed by atoms with E-state index in [9.17, 15) is 22.8 Å². The van der Waals surface area contributed by atoms with Gasteiger partial charge in [-0.2, -0.15) is 13.2 Å². The molecule has 0 aliphatic heterocycles. The van der Waals surface area contributed by atoms with Crippen molar-refractivity contribution in [2.75, 3.05) is 32.6 Å². The molecule has 1 aromatic carbocycles. The molecule has 0 aliphatic rings. The largest absolute Gasteiger partial charge is 0.476 e. The van der Waals surface area contributed by atoms with Crippen molar-refractivity contribution in [2.24, 2.45) is 0 Å². The molecule has 2 aromatic heterocycles. The molecule has 2 N–H and O–H groups in total. The number of aromatic nitrogens is 3. The predicted octanol–water partition coefficient (Wildman–Crippen LogP) is 5.33. The Kier molecular flexibility index (Phi) is 9.88. The van der Waals surface area contributed by atoms with Crippen LogP contribution < -0.4 is 15.4 Å². The summed E-state index contributed by atoms with van der Waals surface area (Å²) in [5, 5.41) is 4.94. The van der Waals surface area contributed by atoms with Crippen molar-refractivity contribution in [3.8, 4) is 5.88 Å². The lowest BCUT2D eigenvalue weighted by Crippen LogP contribution is -2.28.